The van der Waals surface area contributed by atoms with E-state index >= 15 is 0 Å². The van der Waals surface area contributed by atoms with E-state index in [1.165, 1.54) is 6.07 Å². The molecule has 0 aliphatic carbocycles. The van der Waals surface area contributed by atoms with Crippen LogP contribution in [0.5, 0.6) is 0 Å². The van der Waals surface area contributed by atoms with Crippen molar-refractivity contribution in [3.05, 3.63) is 35.4 Å². The lowest BCUT2D eigenvalue weighted by atomic mass is 10.1. The van der Waals surface area contributed by atoms with Crippen LogP contribution in [0.2, 0.25) is 0 Å². The number of likely N-dealkylation sites (tertiary alicyclic amines) is 1. The Hall–Kier alpha value is -1.00. The van der Waals surface area contributed by atoms with E-state index in [0.29, 0.717) is 24.6 Å². The summed E-state index contributed by atoms with van der Waals surface area (Å²) in [6, 6.07) is 3.90. The third-order valence-corrected chi connectivity index (χ3v) is 4.54. The fraction of sp³-hybridized carbons (Fsp3) is 0.632. The number of rotatable bonds is 8. The third-order valence-electron chi connectivity index (χ3n) is 4.54. The molecule has 1 saturated heterocycles. The highest BCUT2D eigenvalue weighted by Gasteiger charge is 2.19. The van der Waals surface area contributed by atoms with E-state index in [0.717, 1.165) is 63.7 Å². The van der Waals surface area contributed by atoms with Crippen LogP contribution >= 0.6 is 24.0 Å². The van der Waals surface area contributed by atoms with Gasteiger partial charge in [-0.2, -0.15) is 0 Å². The molecule has 2 rings (SSSR count). The second kappa shape index (κ2) is 13.2. The largest absolute Gasteiger partial charge is 0.383 e. The minimum absolute atomic E-state index is 0. The van der Waals surface area contributed by atoms with Gasteiger partial charge in [-0.1, -0.05) is 0 Å². The van der Waals surface area contributed by atoms with Crippen molar-refractivity contribution in [3.8, 4) is 0 Å². The van der Waals surface area contributed by atoms with Crippen LogP contribution in [0.25, 0.3) is 0 Å². The molecule has 1 aliphatic rings. The van der Waals surface area contributed by atoms with E-state index in [2.05, 4.69) is 20.5 Å². The molecule has 27 heavy (non-hydrogen) atoms. The number of methoxy groups -OCH3 is 1. The van der Waals surface area contributed by atoms with Gasteiger partial charge in [0.15, 0.2) is 5.96 Å². The molecule has 0 atom stereocenters. The first-order valence-corrected chi connectivity index (χ1v) is 9.32. The van der Waals surface area contributed by atoms with Crippen LogP contribution in [-0.2, 0) is 11.2 Å². The number of nitrogens with zero attached hydrogens (tertiary/aromatic N) is 2. The zero-order valence-electron chi connectivity index (χ0n) is 16.1. The fourth-order valence-electron chi connectivity index (χ4n) is 3.06. The first-order chi connectivity index (χ1) is 12.6. The summed E-state index contributed by atoms with van der Waals surface area (Å²) in [4.78, 5) is 6.92. The van der Waals surface area contributed by atoms with Crippen LogP contribution in [0.15, 0.2) is 23.2 Å². The van der Waals surface area contributed by atoms with Crippen molar-refractivity contribution < 1.29 is 13.5 Å². The molecule has 154 valence electrons. The van der Waals surface area contributed by atoms with Crippen molar-refractivity contribution >= 4 is 29.9 Å². The number of piperidine rings is 1. The number of nitrogens with one attached hydrogen (secondary N) is 2. The molecule has 1 fully saturated rings. The number of halogens is 3. The van der Waals surface area contributed by atoms with Gasteiger partial charge in [0.05, 0.1) is 6.61 Å². The lowest BCUT2D eigenvalue weighted by Crippen LogP contribution is -2.49. The van der Waals surface area contributed by atoms with Gasteiger partial charge in [0.2, 0.25) is 0 Å². The van der Waals surface area contributed by atoms with Crippen LogP contribution in [0, 0.1) is 11.6 Å². The molecular formula is C19H31F2IN4O. The molecular weight excluding hydrogens is 465 g/mol. The Morgan fingerprint density at radius 2 is 2.04 bits per heavy atom. The molecule has 2 N–H and O–H groups in total. The lowest BCUT2D eigenvalue weighted by molar-refractivity contribution is 0.128. The number of ether oxygens (including phenoxy) is 1. The van der Waals surface area contributed by atoms with Crippen LogP contribution in [0.1, 0.15) is 25.3 Å². The van der Waals surface area contributed by atoms with Gasteiger partial charge in [0.25, 0.3) is 0 Å². The van der Waals surface area contributed by atoms with Crippen LogP contribution in [-0.4, -0.2) is 63.3 Å². The maximum absolute atomic E-state index is 13.7. The maximum atomic E-state index is 13.7. The van der Waals surface area contributed by atoms with Crippen LogP contribution in [0.3, 0.4) is 0 Å². The summed E-state index contributed by atoms with van der Waals surface area (Å²) in [5.41, 5.74) is 0.357. The highest BCUT2D eigenvalue weighted by molar-refractivity contribution is 14.0. The molecule has 0 spiro atoms. The average Bonchev–Trinajstić information content (AvgIpc) is 2.64. The predicted molar refractivity (Wildman–Crippen MR) is 116 cm³/mol. The number of aliphatic imine (C=N–C) groups is 1. The van der Waals surface area contributed by atoms with Gasteiger partial charge in [-0.05, 0) is 49.9 Å². The summed E-state index contributed by atoms with van der Waals surface area (Å²) < 4.78 is 32.0. The molecule has 5 nitrogen and oxygen atoms in total. The van der Waals surface area contributed by atoms with Gasteiger partial charge >= 0.3 is 0 Å². The first-order valence-electron chi connectivity index (χ1n) is 9.32. The van der Waals surface area contributed by atoms with E-state index in [1.807, 2.05) is 6.92 Å². The summed E-state index contributed by atoms with van der Waals surface area (Å²) in [5, 5.41) is 6.68. The molecule has 0 saturated carbocycles. The number of benzene rings is 1. The van der Waals surface area contributed by atoms with Crippen LogP contribution in [0.4, 0.5) is 8.78 Å². The van der Waals surface area contributed by atoms with Crippen molar-refractivity contribution in [1.82, 2.24) is 15.5 Å². The molecule has 0 unspecified atom stereocenters. The van der Waals surface area contributed by atoms with E-state index in [9.17, 15) is 8.78 Å². The normalized spacial score (nSPS) is 16.1. The third kappa shape index (κ3) is 8.69. The Bertz CT molecular complexity index is 581. The summed E-state index contributed by atoms with van der Waals surface area (Å²) in [6.07, 6.45) is 2.47. The van der Waals surface area contributed by atoms with E-state index in [4.69, 9.17) is 4.74 Å². The van der Waals surface area contributed by atoms with E-state index in [1.54, 1.807) is 7.11 Å². The minimum atomic E-state index is -0.421. The zero-order chi connectivity index (χ0) is 18.8. The van der Waals surface area contributed by atoms with E-state index < -0.39 is 5.82 Å². The number of hydrogen-bond acceptors (Lipinski definition) is 3. The molecule has 0 aromatic heterocycles. The van der Waals surface area contributed by atoms with Gasteiger partial charge in [0, 0.05) is 45.9 Å². The molecule has 0 bridgehead atoms. The average molecular weight is 496 g/mol. The Kier molecular flexibility index (Phi) is 11.8. The van der Waals surface area contributed by atoms with Crippen molar-refractivity contribution in [2.24, 2.45) is 4.99 Å². The molecule has 0 radical (unpaired) electrons. The highest BCUT2D eigenvalue weighted by atomic mass is 127. The second-order valence-corrected chi connectivity index (χ2v) is 6.50. The summed E-state index contributed by atoms with van der Waals surface area (Å²) >= 11 is 0. The topological polar surface area (TPSA) is 48.9 Å². The first kappa shape index (κ1) is 24.0. The molecule has 1 aromatic rings. The highest BCUT2D eigenvalue weighted by Crippen LogP contribution is 2.11. The number of guanidine groups is 1. The van der Waals surface area contributed by atoms with Gasteiger partial charge < -0.3 is 20.3 Å². The Labute approximate surface area is 178 Å². The smallest absolute Gasteiger partial charge is 0.191 e. The van der Waals surface area contributed by atoms with Crippen molar-refractivity contribution in [2.75, 3.05) is 46.4 Å². The Balaban J connectivity index is 0.00000364. The van der Waals surface area contributed by atoms with Crippen LogP contribution < -0.4 is 10.6 Å². The summed E-state index contributed by atoms with van der Waals surface area (Å²) in [7, 11) is 1.73. The Morgan fingerprint density at radius 1 is 1.30 bits per heavy atom. The standard InChI is InChI=1S/C19H30F2N4O.HI/c1-3-22-19(23-9-6-15-14-16(20)4-5-18(15)21)24-17-7-10-25(11-8-17)12-13-26-2;/h4-5,14,17H,3,6-13H2,1-2H3,(H2,22,23,24);1H. The monoisotopic (exact) mass is 496 g/mol. The minimum Gasteiger partial charge on any atom is -0.383 e. The summed E-state index contributed by atoms with van der Waals surface area (Å²) in [5.74, 6) is -0.0710. The molecule has 8 heteroatoms. The van der Waals surface area contributed by atoms with E-state index in [-0.39, 0.29) is 29.8 Å². The molecule has 1 aliphatic heterocycles. The second-order valence-electron chi connectivity index (χ2n) is 6.50. The van der Waals surface area contributed by atoms with Crippen molar-refractivity contribution in [2.45, 2.75) is 32.2 Å². The predicted octanol–water partition coefficient (Wildman–Crippen LogP) is 2.79. The lowest BCUT2D eigenvalue weighted by Gasteiger charge is -2.32. The number of hydrogen-bond donors (Lipinski definition) is 2. The molecule has 0 amide bonds. The van der Waals surface area contributed by atoms with Gasteiger partial charge in [-0.25, -0.2) is 8.78 Å². The quantitative estimate of drug-likeness (QED) is 0.330. The van der Waals surface area contributed by atoms with Gasteiger partial charge in [-0.3, -0.25) is 4.99 Å². The zero-order valence-corrected chi connectivity index (χ0v) is 18.5. The fourth-order valence-corrected chi connectivity index (χ4v) is 3.06. The summed E-state index contributed by atoms with van der Waals surface area (Å²) in [6.45, 7) is 6.98. The van der Waals surface area contributed by atoms with Gasteiger partial charge in [0.1, 0.15) is 11.6 Å². The van der Waals surface area contributed by atoms with Crippen molar-refractivity contribution in [3.63, 3.8) is 0 Å². The van der Waals surface area contributed by atoms with Crippen molar-refractivity contribution in [1.29, 1.82) is 0 Å². The molecule has 1 heterocycles. The maximum Gasteiger partial charge on any atom is 0.191 e. The molecule has 1 aromatic carbocycles. The Morgan fingerprint density at radius 3 is 2.70 bits per heavy atom. The SMILES string of the molecule is CCNC(=NCCc1cc(F)ccc1F)NC1CCN(CCOC)CC1.I. The van der Waals surface area contributed by atoms with Gasteiger partial charge in [-0.15, -0.1) is 24.0 Å².